The molecule has 1 saturated heterocycles. The molecule has 0 bridgehead atoms. The maximum atomic E-state index is 12.4. The van der Waals surface area contributed by atoms with Crippen LogP contribution in [0.1, 0.15) is 21.1 Å². The van der Waals surface area contributed by atoms with Crippen LogP contribution in [0.4, 0.5) is 5.69 Å². The van der Waals surface area contributed by atoms with Crippen LogP contribution < -0.4 is 5.73 Å². The Morgan fingerprint density at radius 1 is 1.22 bits per heavy atom. The van der Waals surface area contributed by atoms with E-state index in [2.05, 4.69) is 15.3 Å². The summed E-state index contributed by atoms with van der Waals surface area (Å²) in [5.74, 6) is 0.0872. The van der Waals surface area contributed by atoms with Gasteiger partial charge < -0.3 is 10.6 Å². The monoisotopic (exact) mass is 352 g/mol. The van der Waals surface area contributed by atoms with E-state index in [0.29, 0.717) is 11.3 Å². The molecule has 0 radical (unpaired) electrons. The van der Waals surface area contributed by atoms with Gasteiger partial charge in [0.15, 0.2) is 0 Å². The number of anilines is 1. The number of aryl methyl sites for hydroxylation is 1. The zero-order valence-electron chi connectivity index (χ0n) is 13.1. The van der Waals surface area contributed by atoms with E-state index >= 15 is 0 Å². The SMILES string of the molecule is Cc1nc(CN2CCN(C(=O)c3ccc(N)cc3)CC2)cs1.Cl. The number of rotatable bonds is 3. The predicted molar refractivity (Wildman–Crippen MR) is 96.1 cm³/mol. The van der Waals surface area contributed by atoms with Gasteiger partial charge in [0.1, 0.15) is 0 Å². The number of carbonyl (C=O) groups excluding carboxylic acids is 1. The van der Waals surface area contributed by atoms with Crippen LogP contribution in [0.3, 0.4) is 0 Å². The first kappa shape index (κ1) is 17.7. The molecule has 1 amide bonds. The maximum absolute atomic E-state index is 12.4. The minimum Gasteiger partial charge on any atom is -0.399 e. The van der Waals surface area contributed by atoms with Gasteiger partial charge in [0.05, 0.1) is 10.7 Å². The number of thiazole rings is 1. The molecule has 1 aromatic heterocycles. The van der Waals surface area contributed by atoms with Crippen molar-refractivity contribution in [3.8, 4) is 0 Å². The third-order valence-electron chi connectivity index (χ3n) is 3.87. The van der Waals surface area contributed by atoms with E-state index < -0.39 is 0 Å². The molecule has 2 aromatic rings. The van der Waals surface area contributed by atoms with E-state index in [0.717, 1.165) is 43.4 Å². The predicted octanol–water partition coefficient (Wildman–Crippen LogP) is 2.41. The molecule has 1 aliphatic rings. The summed E-state index contributed by atoms with van der Waals surface area (Å²) < 4.78 is 0. The van der Waals surface area contributed by atoms with Crippen molar-refractivity contribution < 1.29 is 4.79 Å². The number of carbonyl (C=O) groups is 1. The molecule has 0 saturated carbocycles. The number of nitrogens with zero attached hydrogens (tertiary/aromatic N) is 3. The van der Waals surface area contributed by atoms with Crippen molar-refractivity contribution in [1.29, 1.82) is 0 Å². The standard InChI is InChI=1S/C16H20N4OS.ClH/c1-12-18-15(11-22-12)10-19-6-8-20(9-7-19)16(21)13-2-4-14(17)5-3-13;/h2-5,11H,6-10,17H2,1H3;1H. The van der Waals surface area contributed by atoms with Crippen LogP contribution in [0.15, 0.2) is 29.6 Å². The van der Waals surface area contributed by atoms with E-state index in [1.54, 1.807) is 35.6 Å². The maximum Gasteiger partial charge on any atom is 0.253 e. The van der Waals surface area contributed by atoms with Crippen LogP contribution in [-0.2, 0) is 6.54 Å². The average Bonchev–Trinajstić information content (AvgIpc) is 2.93. The lowest BCUT2D eigenvalue weighted by Gasteiger charge is -2.34. The van der Waals surface area contributed by atoms with Crippen molar-refractivity contribution in [3.63, 3.8) is 0 Å². The Hall–Kier alpha value is -1.63. The van der Waals surface area contributed by atoms with Gasteiger partial charge in [-0.1, -0.05) is 0 Å². The number of hydrogen-bond acceptors (Lipinski definition) is 5. The first-order chi connectivity index (χ1) is 10.6. The van der Waals surface area contributed by atoms with Crippen molar-refractivity contribution in [3.05, 3.63) is 45.9 Å². The van der Waals surface area contributed by atoms with Gasteiger partial charge in [0.25, 0.3) is 5.91 Å². The Morgan fingerprint density at radius 3 is 2.43 bits per heavy atom. The molecule has 3 rings (SSSR count). The van der Waals surface area contributed by atoms with E-state index in [9.17, 15) is 4.79 Å². The summed E-state index contributed by atoms with van der Waals surface area (Å²) in [5, 5.41) is 3.22. The van der Waals surface area contributed by atoms with Gasteiger partial charge in [0.2, 0.25) is 0 Å². The zero-order valence-corrected chi connectivity index (χ0v) is 14.7. The Labute approximate surface area is 146 Å². The summed E-state index contributed by atoms with van der Waals surface area (Å²) in [6.07, 6.45) is 0. The first-order valence-corrected chi connectivity index (χ1v) is 8.28. The normalized spacial score (nSPS) is 15.3. The quantitative estimate of drug-likeness (QED) is 0.862. The molecule has 5 nitrogen and oxygen atoms in total. The molecule has 1 fully saturated rings. The molecule has 0 atom stereocenters. The number of hydrogen-bond donors (Lipinski definition) is 1. The lowest BCUT2D eigenvalue weighted by atomic mass is 10.1. The van der Waals surface area contributed by atoms with Crippen molar-refractivity contribution in [1.82, 2.24) is 14.8 Å². The van der Waals surface area contributed by atoms with Crippen molar-refractivity contribution in [2.24, 2.45) is 0 Å². The average molecular weight is 353 g/mol. The number of aromatic nitrogens is 1. The fraction of sp³-hybridized carbons (Fsp3) is 0.375. The largest absolute Gasteiger partial charge is 0.399 e. The third kappa shape index (κ3) is 4.43. The fourth-order valence-corrected chi connectivity index (χ4v) is 3.23. The minimum atomic E-state index is 0. The lowest BCUT2D eigenvalue weighted by molar-refractivity contribution is 0.0627. The molecule has 1 aromatic carbocycles. The van der Waals surface area contributed by atoms with Crippen molar-refractivity contribution in [2.45, 2.75) is 13.5 Å². The van der Waals surface area contributed by atoms with E-state index in [4.69, 9.17) is 5.73 Å². The summed E-state index contributed by atoms with van der Waals surface area (Å²) in [6, 6.07) is 7.13. The Kier molecular flexibility index (Phi) is 5.98. The van der Waals surface area contributed by atoms with Crippen molar-refractivity contribution in [2.75, 3.05) is 31.9 Å². The topological polar surface area (TPSA) is 62.5 Å². The first-order valence-electron chi connectivity index (χ1n) is 7.40. The number of piperazine rings is 1. The summed E-state index contributed by atoms with van der Waals surface area (Å²) in [7, 11) is 0. The van der Waals surface area contributed by atoms with Crippen LogP contribution in [0.5, 0.6) is 0 Å². The van der Waals surface area contributed by atoms with Crippen LogP contribution in [-0.4, -0.2) is 46.9 Å². The number of nitrogens with two attached hydrogens (primary N) is 1. The minimum absolute atomic E-state index is 0. The number of amides is 1. The highest BCUT2D eigenvalue weighted by Crippen LogP contribution is 2.14. The summed E-state index contributed by atoms with van der Waals surface area (Å²) in [5.41, 5.74) is 8.17. The van der Waals surface area contributed by atoms with Gasteiger partial charge >= 0.3 is 0 Å². The number of halogens is 1. The number of nitrogen functional groups attached to an aromatic ring is 1. The molecule has 2 heterocycles. The second kappa shape index (κ2) is 7.77. The van der Waals surface area contributed by atoms with Gasteiger partial charge in [-0.05, 0) is 31.2 Å². The Bertz CT molecular complexity index is 650. The fourth-order valence-electron chi connectivity index (χ4n) is 2.63. The zero-order chi connectivity index (χ0) is 15.5. The molecule has 0 unspecified atom stereocenters. The van der Waals surface area contributed by atoms with Crippen LogP contribution >= 0.6 is 23.7 Å². The molecule has 2 N–H and O–H groups in total. The van der Waals surface area contributed by atoms with Crippen LogP contribution in [0, 0.1) is 6.92 Å². The summed E-state index contributed by atoms with van der Waals surface area (Å²) in [6.45, 7) is 6.18. The summed E-state index contributed by atoms with van der Waals surface area (Å²) >= 11 is 1.68. The van der Waals surface area contributed by atoms with E-state index in [1.807, 2.05) is 11.8 Å². The molecular formula is C16H21ClN4OS. The van der Waals surface area contributed by atoms with Crippen LogP contribution in [0.2, 0.25) is 0 Å². The Balaban J connectivity index is 0.00000192. The molecular weight excluding hydrogens is 332 g/mol. The molecule has 7 heteroatoms. The van der Waals surface area contributed by atoms with E-state index in [1.165, 1.54) is 0 Å². The van der Waals surface area contributed by atoms with Crippen molar-refractivity contribution >= 4 is 35.3 Å². The van der Waals surface area contributed by atoms with Gasteiger partial charge in [-0.2, -0.15) is 0 Å². The molecule has 1 aliphatic heterocycles. The van der Waals surface area contributed by atoms with E-state index in [-0.39, 0.29) is 18.3 Å². The van der Waals surface area contributed by atoms with Gasteiger partial charge in [-0.3, -0.25) is 9.69 Å². The highest BCUT2D eigenvalue weighted by atomic mass is 35.5. The second-order valence-electron chi connectivity index (χ2n) is 5.55. The van der Waals surface area contributed by atoms with Crippen LogP contribution in [0.25, 0.3) is 0 Å². The second-order valence-corrected chi connectivity index (χ2v) is 6.61. The molecule has 124 valence electrons. The summed E-state index contributed by atoms with van der Waals surface area (Å²) in [4.78, 5) is 21.2. The number of benzene rings is 1. The molecule has 0 spiro atoms. The Morgan fingerprint density at radius 2 is 1.87 bits per heavy atom. The third-order valence-corrected chi connectivity index (χ3v) is 4.69. The van der Waals surface area contributed by atoms with Gasteiger partial charge in [-0.25, -0.2) is 4.98 Å². The lowest BCUT2D eigenvalue weighted by Crippen LogP contribution is -2.48. The van der Waals surface area contributed by atoms with Gasteiger partial charge in [-0.15, -0.1) is 23.7 Å². The smallest absolute Gasteiger partial charge is 0.253 e. The molecule has 0 aliphatic carbocycles. The van der Waals surface area contributed by atoms with Gasteiger partial charge in [0, 0.05) is 49.4 Å². The highest BCUT2D eigenvalue weighted by Gasteiger charge is 2.22. The molecule has 23 heavy (non-hydrogen) atoms. The highest BCUT2D eigenvalue weighted by molar-refractivity contribution is 7.09.